The van der Waals surface area contributed by atoms with Crippen LogP contribution in [0.5, 0.6) is 11.5 Å². The fraction of sp³-hybridized carbons (Fsp3) is 0.409. The van der Waals surface area contributed by atoms with Gasteiger partial charge >= 0.3 is 0 Å². The van der Waals surface area contributed by atoms with E-state index in [1.807, 2.05) is 18.2 Å². The van der Waals surface area contributed by atoms with Crippen LogP contribution >= 0.6 is 11.3 Å². The Balaban J connectivity index is 1.47. The van der Waals surface area contributed by atoms with E-state index >= 15 is 0 Å². The summed E-state index contributed by atoms with van der Waals surface area (Å²) in [5.41, 5.74) is 1.29. The summed E-state index contributed by atoms with van der Waals surface area (Å²) in [4.78, 5) is 20.6. The normalized spacial score (nSPS) is 15.8. The average Bonchev–Trinajstić information content (AvgIpc) is 3.15. The van der Waals surface area contributed by atoms with Crippen molar-refractivity contribution in [3.05, 3.63) is 42.2 Å². The summed E-state index contributed by atoms with van der Waals surface area (Å²) >= 11 is 1.65. The summed E-state index contributed by atoms with van der Waals surface area (Å²) in [5.74, 6) is 1.78. The molecule has 4 rings (SSSR count). The first-order chi connectivity index (χ1) is 14.1. The summed E-state index contributed by atoms with van der Waals surface area (Å²) in [5, 5.41) is 7.14. The largest absolute Gasteiger partial charge is 0.457 e. The first-order valence-electron chi connectivity index (χ1n) is 10.2. The minimum absolute atomic E-state index is 0.240. The molecule has 1 unspecified atom stereocenters. The van der Waals surface area contributed by atoms with Crippen LogP contribution in [-0.4, -0.2) is 29.0 Å². The number of anilines is 1. The second-order valence-electron chi connectivity index (χ2n) is 7.54. The number of nitrogens with one attached hydrogen (secondary N) is 2. The van der Waals surface area contributed by atoms with Gasteiger partial charge in [-0.05, 0) is 43.9 Å². The van der Waals surface area contributed by atoms with Gasteiger partial charge in [0.05, 0.1) is 10.2 Å². The lowest BCUT2D eigenvalue weighted by molar-refractivity contribution is 0.0958. The van der Waals surface area contributed by atoms with Crippen molar-refractivity contribution in [2.75, 3.05) is 12.4 Å². The minimum Gasteiger partial charge on any atom is -0.457 e. The van der Waals surface area contributed by atoms with Gasteiger partial charge in [0.1, 0.15) is 17.2 Å². The zero-order valence-corrected chi connectivity index (χ0v) is 17.6. The monoisotopic (exact) mass is 410 g/mol. The van der Waals surface area contributed by atoms with Crippen molar-refractivity contribution in [1.82, 2.24) is 15.3 Å². The minimum atomic E-state index is -0.240. The summed E-state index contributed by atoms with van der Waals surface area (Å²) in [6, 6.07) is 9.67. The van der Waals surface area contributed by atoms with Crippen molar-refractivity contribution in [3.8, 4) is 11.5 Å². The fourth-order valence-electron chi connectivity index (χ4n) is 3.84. The van der Waals surface area contributed by atoms with Crippen molar-refractivity contribution in [3.63, 3.8) is 0 Å². The molecule has 1 aliphatic rings. The third-order valence-corrected chi connectivity index (χ3v) is 6.44. The molecule has 1 aromatic carbocycles. The number of hydrogen-bond acceptors (Lipinski definition) is 6. The van der Waals surface area contributed by atoms with Gasteiger partial charge in [-0.15, -0.1) is 0 Å². The second kappa shape index (κ2) is 8.78. The zero-order valence-electron chi connectivity index (χ0n) is 16.8. The maximum Gasteiger partial charge on any atom is 0.269 e. The molecular formula is C22H26N4O2S. The van der Waals surface area contributed by atoms with E-state index in [9.17, 15) is 4.79 Å². The molecule has 3 aromatic rings. The highest BCUT2D eigenvalue weighted by Crippen LogP contribution is 2.33. The molecule has 1 saturated carbocycles. The Labute approximate surface area is 174 Å². The molecule has 152 valence electrons. The third-order valence-electron chi connectivity index (χ3n) is 5.49. The van der Waals surface area contributed by atoms with E-state index in [1.54, 1.807) is 36.7 Å². The molecule has 7 heteroatoms. The first-order valence-corrected chi connectivity index (χ1v) is 11.0. The van der Waals surface area contributed by atoms with E-state index in [2.05, 4.69) is 22.5 Å². The van der Waals surface area contributed by atoms with Crippen molar-refractivity contribution in [2.24, 2.45) is 5.92 Å². The molecule has 0 spiro atoms. The number of carbonyl (C=O) groups is 1. The molecule has 0 radical (unpaired) electrons. The van der Waals surface area contributed by atoms with Crippen LogP contribution in [-0.2, 0) is 0 Å². The number of benzene rings is 1. The lowest BCUT2D eigenvalue weighted by Crippen LogP contribution is -2.27. The Bertz CT molecular complexity index is 997. The number of rotatable bonds is 6. The fourth-order valence-corrected chi connectivity index (χ4v) is 4.83. The predicted molar refractivity (Wildman–Crippen MR) is 117 cm³/mol. The van der Waals surface area contributed by atoms with Crippen LogP contribution in [0, 0.1) is 5.92 Å². The summed E-state index contributed by atoms with van der Waals surface area (Å²) in [7, 11) is 1.58. The van der Waals surface area contributed by atoms with Gasteiger partial charge < -0.3 is 15.4 Å². The van der Waals surface area contributed by atoms with Gasteiger partial charge in [0.25, 0.3) is 5.91 Å². The molecule has 0 bridgehead atoms. The van der Waals surface area contributed by atoms with E-state index in [-0.39, 0.29) is 5.91 Å². The number of nitrogens with zero attached hydrogens (tertiary/aromatic N) is 2. The quantitative estimate of drug-likeness (QED) is 0.582. The molecule has 1 fully saturated rings. The van der Waals surface area contributed by atoms with E-state index < -0.39 is 0 Å². The molecule has 2 aromatic heterocycles. The topological polar surface area (TPSA) is 76.1 Å². The third kappa shape index (κ3) is 4.67. The van der Waals surface area contributed by atoms with Crippen molar-refractivity contribution in [1.29, 1.82) is 0 Å². The van der Waals surface area contributed by atoms with Crippen molar-refractivity contribution in [2.45, 2.75) is 45.1 Å². The number of thiazole rings is 1. The molecule has 2 N–H and O–H groups in total. The molecule has 1 amide bonds. The predicted octanol–water partition coefficient (Wildman–Crippen LogP) is 5.22. The number of aromatic nitrogens is 2. The number of amides is 1. The second-order valence-corrected chi connectivity index (χ2v) is 8.57. The Morgan fingerprint density at radius 3 is 2.76 bits per heavy atom. The van der Waals surface area contributed by atoms with E-state index in [0.717, 1.165) is 21.3 Å². The van der Waals surface area contributed by atoms with Crippen LogP contribution in [0.2, 0.25) is 0 Å². The molecular weight excluding hydrogens is 384 g/mol. The van der Waals surface area contributed by atoms with Gasteiger partial charge in [-0.1, -0.05) is 30.6 Å². The number of carbonyl (C=O) groups excluding carboxylic acids is 1. The molecule has 1 aliphatic carbocycles. The molecule has 29 heavy (non-hydrogen) atoms. The van der Waals surface area contributed by atoms with Crippen LogP contribution in [0.3, 0.4) is 0 Å². The highest BCUT2D eigenvalue weighted by molar-refractivity contribution is 7.22. The van der Waals surface area contributed by atoms with Crippen LogP contribution in [0.1, 0.15) is 49.5 Å². The lowest BCUT2D eigenvalue weighted by Gasteiger charge is -2.28. The Morgan fingerprint density at radius 1 is 1.17 bits per heavy atom. The van der Waals surface area contributed by atoms with Gasteiger partial charge in [0, 0.05) is 31.4 Å². The maximum atomic E-state index is 11.8. The smallest absolute Gasteiger partial charge is 0.269 e. The van der Waals surface area contributed by atoms with Gasteiger partial charge in [0.2, 0.25) is 0 Å². The summed E-state index contributed by atoms with van der Waals surface area (Å²) in [6.07, 6.45) is 8.23. The average molecular weight is 411 g/mol. The van der Waals surface area contributed by atoms with Gasteiger partial charge in [-0.2, -0.15) is 0 Å². The number of ether oxygens (including phenoxy) is 1. The number of hydrogen-bond donors (Lipinski definition) is 2. The SMILES string of the molecule is CNC(=O)c1cc(Oc2ccc3nc(NC(C)C4CCCCC4)sc3c2)ccn1. The Morgan fingerprint density at radius 2 is 1.97 bits per heavy atom. The molecule has 2 heterocycles. The number of fused-ring (bicyclic) bond motifs is 1. The highest BCUT2D eigenvalue weighted by Gasteiger charge is 2.21. The van der Waals surface area contributed by atoms with Gasteiger partial charge in [-0.25, -0.2) is 4.98 Å². The van der Waals surface area contributed by atoms with E-state index in [0.29, 0.717) is 23.2 Å². The van der Waals surface area contributed by atoms with Crippen LogP contribution in [0.4, 0.5) is 5.13 Å². The molecule has 6 nitrogen and oxygen atoms in total. The molecule has 0 saturated heterocycles. The van der Waals surface area contributed by atoms with Crippen LogP contribution in [0.15, 0.2) is 36.5 Å². The number of pyridine rings is 1. The van der Waals surface area contributed by atoms with Gasteiger partial charge in [-0.3, -0.25) is 9.78 Å². The summed E-state index contributed by atoms with van der Waals surface area (Å²) < 4.78 is 7.02. The molecule has 1 atom stereocenters. The van der Waals surface area contributed by atoms with Crippen molar-refractivity contribution >= 4 is 32.6 Å². The van der Waals surface area contributed by atoms with E-state index in [1.165, 1.54) is 32.1 Å². The maximum absolute atomic E-state index is 11.8. The Hall–Kier alpha value is -2.67. The standard InChI is InChI=1S/C22H26N4O2S/c1-14(15-6-4-3-5-7-15)25-22-26-18-9-8-16(13-20(18)29-22)28-17-10-11-24-19(12-17)21(27)23-2/h8-15H,3-7H2,1-2H3,(H,23,27)(H,25,26). The highest BCUT2D eigenvalue weighted by atomic mass is 32.1. The van der Waals surface area contributed by atoms with Crippen LogP contribution < -0.4 is 15.4 Å². The van der Waals surface area contributed by atoms with Crippen molar-refractivity contribution < 1.29 is 9.53 Å². The first kappa shape index (κ1) is 19.6. The van der Waals surface area contributed by atoms with Crippen LogP contribution in [0.25, 0.3) is 10.2 Å². The Kier molecular flexibility index (Phi) is 5.94. The zero-order chi connectivity index (χ0) is 20.2. The molecule has 0 aliphatic heterocycles. The van der Waals surface area contributed by atoms with Gasteiger partial charge in [0.15, 0.2) is 5.13 Å². The van der Waals surface area contributed by atoms with E-state index in [4.69, 9.17) is 9.72 Å². The lowest BCUT2D eigenvalue weighted by atomic mass is 9.85. The summed E-state index contributed by atoms with van der Waals surface area (Å²) in [6.45, 7) is 2.27.